The number of benzene rings is 1. The predicted octanol–water partition coefficient (Wildman–Crippen LogP) is 1.34. The summed E-state index contributed by atoms with van der Waals surface area (Å²) in [4.78, 5) is 26.7. The van der Waals surface area contributed by atoms with Gasteiger partial charge in [-0.3, -0.25) is 4.79 Å². The van der Waals surface area contributed by atoms with Gasteiger partial charge in [0.2, 0.25) is 5.91 Å². The second-order valence-electron chi connectivity index (χ2n) is 4.34. The van der Waals surface area contributed by atoms with E-state index in [0.29, 0.717) is 23.3 Å². The first-order valence-electron chi connectivity index (χ1n) is 5.99. The van der Waals surface area contributed by atoms with Gasteiger partial charge in [-0.25, -0.2) is 9.78 Å². The van der Waals surface area contributed by atoms with E-state index in [1.807, 2.05) is 6.92 Å². The van der Waals surface area contributed by atoms with Crippen LogP contribution in [0.4, 0.5) is 0 Å². The van der Waals surface area contributed by atoms with Gasteiger partial charge in [0.25, 0.3) is 0 Å². The number of nitrogens with two attached hydrogens (primary N) is 1. The first-order valence-corrected chi connectivity index (χ1v) is 5.99. The molecule has 100 valence electrons. The lowest BCUT2D eigenvalue weighted by Gasteiger charge is -2.13. The summed E-state index contributed by atoms with van der Waals surface area (Å²) in [5.74, 6) is -0.738. The standard InChI is InChI=1S/C13H15N3O3/c1-3-11-15-9-6-8(13(18)19)4-5-10(9)16(11)7(2)12(14)17/h4-7H,3H2,1-2H3,(H2,14,17)(H,18,19). The quantitative estimate of drug-likeness (QED) is 0.867. The van der Waals surface area contributed by atoms with Crippen LogP contribution in [-0.4, -0.2) is 26.5 Å². The number of aromatic carboxylic acids is 1. The average molecular weight is 261 g/mol. The summed E-state index contributed by atoms with van der Waals surface area (Å²) in [6.45, 7) is 3.62. The van der Waals surface area contributed by atoms with E-state index in [2.05, 4.69) is 4.98 Å². The van der Waals surface area contributed by atoms with E-state index < -0.39 is 17.9 Å². The third-order valence-corrected chi connectivity index (χ3v) is 3.12. The number of fused-ring (bicyclic) bond motifs is 1. The van der Waals surface area contributed by atoms with Gasteiger partial charge in [-0.2, -0.15) is 0 Å². The number of imidazole rings is 1. The van der Waals surface area contributed by atoms with Crippen molar-refractivity contribution in [1.29, 1.82) is 0 Å². The number of amides is 1. The number of carbonyl (C=O) groups is 2. The highest BCUT2D eigenvalue weighted by atomic mass is 16.4. The summed E-state index contributed by atoms with van der Waals surface area (Å²) in [6, 6.07) is 4.14. The van der Waals surface area contributed by atoms with Crippen LogP contribution in [0.1, 0.15) is 36.1 Å². The van der Waals surface area contributed by atoms with Crippen molar-refractivity contribution in [2.45, 2.75) is 26.3 Å². The number of hydrogen-bond donors (Lipinski definition) is 2. The van der Waals surface area contributed by atoms with E-state index in [0.717, 1.165) is 0 Å². The normalized spacial score (nSPS) is 12.5. The topological polar surface area (TPSA) is 98.2 Å². The minimum absolute atomic E-state index is 0.173. The van der Waals surface area contributed by atoms with Crippen LogP contribution in [0.3, 0.4) is 0 Å². The molecular formula is C13H15N3O3. The monoisotopic (exact) mass is 261 g/mol. The van der Waals surface area contributed by atoms with Gasteiger partial charge in [0.15, 0.2) is 0 Å². The molecule has 0 spiro atoms. The van der Waals surface area contributed by atoms with Gasteiger partial charge in [0, 0.05) is 6.42 Å². The molecule has 2 aromatic rings. The Morgan fingerprint density at radius 2 is 2.16 bits per heavy atom. The molecule has 0 aliphatic carbocycles. The van der Waals surface area contributed by atoms with Crippen LogP contribution in [0.15, 0.2) is 18.2 Å². The molecule has 0 aliphatic heterocycles. The van der Waals surface area contributed by atoms with Crippen LogP contribution in [0, 0.1) is 0 Å². The third kappa shape index (κ3) is 2.16. The molecule has 1 aromatic heterocycles. The molecule has 1 atom stereocenters. The lowest BCUT2D eigenvalue weighted by atomic mass is 10.2. The fourth-order valence-electron chi connectivity index (χ4n) is 2.09. The Kier molecular flexibility index (Phi) is 3.25. The molecular weight excluding hydrogens is 246 g/mol. The minimum atomic E-state index is -1.00. The Morgan fingerprint density at radius 3 is 2.68 bits per heavy atom. The van der Waals surface area contributed by atoms with E-state index in [1.165, 1.54) is 12.1 Å². The third-order valence-electron chi connectivity index (χ3n) is 3.12. The van der Waals surface area contributed by atoms with Crippen LogP contribution in [0.2, 0.25) is 0 Å². The number of aryl methyl sites for hydroxylation is 1. The largest absolute Gasteiger partial charge is 0.478 e. The van der Waals surface area contributed by atoms with E-state index in [-0.39, 0.29) is 5.56 Å². The highest BCUT2D eigenvalue weighted by Gasteiger charge is 2.19. The Hall–Kier alpha value is -2.37. The molecule has 1 unspecified atom stereocenters. The molecule has 1 amide bonds. The second-order valence-corrected chi connectivity index (χ2v) is 4.34. The maximum Gasteiger partial charge on any atom is 0.335 e. The van der Waals surface area contributed by atoms with Crippen molar-refractivity contribution in [3.8, 4) is 0 Å². The van der Waals surface area contributed by atoms with Crippen LogP contribution < -0.4 is 5.73 Å². The van der Waals surface area contributed by atoms with E-state index in [1.54, 1.807) is 17.6 Å². The lowest BCUT2D eigenvalue weighted by Crippen LogP contribution is -2.25. The van der Waals surface area contributed by atoms with Crippen molar-refractivity contribution in [1.82, 2.24) is 9.55 Å². The van der Waals surface area contributed by atoms with E-state index >= 15 is 0 Å². The molecule has 0 bridgehead atoms. The van der Waals surface area contributed by atoms with Crippen molar-refractivity contribution in [2.75, 3.05) is 0 Å². The molecule has 2 rings (SSSR count). The fraction of sp³-hybridized carbons (Fsp3) is 0.308. The molecule has 0 fully saturated rings. The Bertz CT molecular complexity index is 660. The van der Waals surface area contributed by atoms with Crippen molar-refractivity contribution >= 4 is 22.9 Å². The number of carboxylic acid groups (broad SMARTS) is 1. The molecule has 0 saturated heterocycles. The maximum atomic E-state index is 11.4. The number of carbonyl (C=O) groups excluding carboxylic acids is 1. The summed E-state index contributed by atoms with van der Waals surface area (Å²) >= 11 is 0. The molecule has 0 aliphatic rings. The fourth-order valence-corrected chi connectivity index (χ4v) is 2.09. The zero-order valence-corrected chi connectivity index (χ0v) is 10.8. The number of rotatable bonds is 4. The van der Waals surface area contributed by atoms with Crippen LogP contribution in [0.5, 0.6) is 0 Å². The summed E-state index contributed by atoms with van der Waals surface area (Å²) in [5.41, 5.74) is 6.79. The SMILES string of the molecule is CCc1nc2cc(C(=O)O)ccc2n1C(C)C(N)=O. The van der Waals surface area contributed by atoms with Gasteiger partial charge in [0.1, 0.15) is 11.9 Å². The van der Waals surface area contributed by atoms with Crippen molar-refractivity contribution in [2.24, 2.45) is 5.73 Å². The Morgan fingerprint density at radius 1 is 1.47 bits per heavy atom. The maximum absolute atomic E-state index is 11.4. The van der Waals surface area contributed by atoms with Crippen molar-refractivity contribution < 1.29 is 14.7 Å². The number of hydrogen-bond acceptors (Lipinski definition) is 3. The molecule has 1 aromatic carbocycles. The molecule has 0 saturated carbocycles. The van der Waals surface area contributed by atoms with Gasteiger partial charge < -0.3 is 15.4 Å². The first-order chi connectivity index (χ1) is 8.95. The zero-order chi connectivity index (χ0) is 14.2. The summed E-state index contributed by atoms with van der Waals surface area (Å²) in [7, 11) is 0. The van der Waals surface area contributed by atoms with E-state index in [9.17, 15) is 9.59 Å². The van der Waals surface area contributed by atoms with Gasteiger partial charge >= 0.3 is 5.97 Å². The van der Waals surface area contributed by atoms with Gasteiger partial charge in [0.05, 0.1) is 16.6 Å². The molecule has 1 heterocycles. The number of aromatic nitrogens is 2. The van der Waals surface area contributed by atoms with Crippen molar-refractivity contribution in [3.05, 3.63) is 29.6 Å². The molecule has 6 heteroatoms. The second kappa shape index (κ2) is 4.72. The zero-order valence-electron chi connectivity index (χ0n) is 10.8. The lowest BCUT2D eigenvalue weighted by molar-refractivity contribution is -0.120. The Labute approximate surface area is 109 Å². The highest BCUT2D eigenvalue weighted by molar-refractivity contribution is 5.93. The van der Waals surface area contributed by atoms with Crippen LogP contribution in [-0.2, 0) is 11.2 Å². The summed E-state index contributed by atoms with van der Waals surface area (Å²) in [6.07, 6.45) is 0.634. The minimum Gasteiger partial charge on any atom is -0.478 e. The number of nitrogens with zero attached hydrogens (tertiary/aromatic N) is 2. The van der Waals surface area contributed by atoms with E-state index in [4.69, 9.17) is 10.8 Å². The number of primary amides is 1. The smallest absolute Gasteiger partial charge is 0.335 e. The van der Waals surface area contributed by atoms with Gasteiger partial charge in [-0.15, -0.1) is 0 Å². The first kappa shape index (κ1) is 13.1. The molecule has 0 radical (unpaired) electrons. The summed E-state index contributed by atoms with van der Waals surface area (Å²) in [5, 5.41) is 8.97. The van der Waals surface area contributed by atoms with Gasteiger partial charge in [-0.1, -0.05) is 6.92 Å². The molecule has 19 heavy (non-hydrogen) atoms. The van der Waals surface area contributed by atoms with Gasteiger partial charge in [-0.05, 0) is 25.1 Å². The molecule has 3 N–H and O–H groups in total. The van der Waals surface area contributed by atoms with Crippen molar-refractivity contribution in [3.63, 3.8) is 0 Å². The predicted molar refractivity (Wildman–Crippen MR) is 70.0 cm³/mol. The average Bonchev–Trinajstić information content (AvgIpc) is 2.74. The van der Waals surface area contributed by atoms with Crippen LogP contribution >= 0.6 is 0 Å². The highest BCUT2D eigenvalue weighted by Crippen LogP contribution is 2.22. The Balaban J connectivity index is 2.69. The summed E-state index contributed by atoms with van der Waals surface area (Å²) < 4.78 is 1.75. The number of carboxylic acids is 1. The molecule has 6 nitrogen and oxygen atoms in total. The van der Waals surface area contributed by atoms with Crippen LogP contribution in [0.25, 0.3) is 11.0 Å².